The van der Waals surface area contributed by atoms with Crippen LogP contribution in [-0.2, 0) is 4.43 Å². The van der Waals surface area contributed by atoms with Gasteiger partial charge in [-0.1, -0.05) is 20.8 Å². The van der Waals surface area contributed by atoms with Gasteiger partial charge in [-0.05, 0) is 49.2 Å². The maximum Gasteiger partial charge on any atom is 0.192 e. The lowest BCUT2D eigenvalue weighted by Crippen LogP contribution is -2.47. The highest BCUT2D eigenvalue weighted by Crippen LogP contribution is 2.43. The summed E-state index contributed by atoms with van der Waals surface area (Å²) in [6.45, 7) is 11.6. The van der Waals surface area contributed by atoms with E-state index in [9.17, 15) is 0 Å². The van der Waals surface area contributed by atoms with Crippen LogP contribution in [0.5, 0.6) is 0 Å². The Balaban J connectivity index is 1.72. The predicted octanol–water partition coefficient (Wildman–Crippen LogP) is 4.83. The summed E-state index contributed by atoms with van der Waals surface area (Å²) < 4.78 is 8.73. The van der Waals surface area contributed by atoms with Crippen LogP contribution >= 0.6 is 0 Å². The van der Waals surface area contributed by atoms with E-state index < -0.39 is 8.32 Å². The molecule has 1 saturated carbocycles. The molecule has 0 saturated heterocycles. The first-order valence-corrected chi connectivity index (χ1v) is 11.8. The van der Waals surface area contributed by atoms with Crippen molar-refractivity contribution >= 4 is 24.9 Å². The lowest BCUT2D eigenvalue weighted by molar-refractivity contribution is 0.0546. The Morgan fingerprint density at radius 3 is 2.46 bits per heavy atom. The number of hydrogen-bond acceptors (Lipinski definition) is 3. The normalized spacial score (nSPS) is 21.8. The standard InChI is InChI=1S/C19H31N3OSi/c1-19(2,3)24(6,7)23-17-10-16(11-17)22-18-12-15(21(4)5)9-8-14(18)13-20-22/h8-9,12-13,16-17H,10-11H2,1-7H3. The Morgan fingerprint density at radius 2 is 1.88 bits per heavy atom. The van der Waals surface area contributed by atoms with Gasteiger partial charge in [0.25, 0.3) is 0 Å². The fourth-order valence-corrected chi connectivity index (χ4v) is 4.40. The van der Waals surface area contributed by atoms with Crippen molar-refractivity contribution in [3.63, 3.8) is 0 Å². The average Bonchev–Trinajstić information content (AvgIpc) is 2.83. The van der Waals surface area contributed by atoms with Crippen molar-refractivity contribution in [2.75, 3.05) is 19.0 Å². The molecule has 3 rings (SSSR count). The maximum atomic E-state index is 6.53. The number of benzene rings is 1. The molecule has 132 valence electrons. The number of aromatic nitrogens is 2. The third-order valence-corrected chi connectivity index (χ3v) is 10.3. The van der Waals surface area contributed by atoms with E-state index in [2.05, 4.69) is 80.8 Å². The third-order valence-electron chi connectivity index (χ3n) is 5.78. The molecule has 0 atom stereocenters. The molecule has 1 aliphatic rings. The van der Waals surface area contributed by atoms with E-state index in [4.69, 9.17) is 4.43 Å². The van der Waals surface area contributed by atoms with Crippen molar-refractivity contribution in [1.29, 1.82) is 0 Å². The number of anilines is 1. The van der Waals surface area contributed by atoms with Crippen LogP contribution in [0.25, 0.3) is 10.9 Å². The van der Waals surface area contributed by atoms with E-state index >= 15 is 0 Å². The van der Waals surface area contributed by atoms with Gasteiger partial charge in [-0.2, -0.15) is 5.10 Å². The van der Waals surface area contributed by atoms with Crippen molar-refractivity contribution in [1.82, 2.24) is 9.78 Å². The van der Waals surface area contributed by atoms with Gasteiger partial charge in [-0.25, -0.2) is 0 Å². The minimum Gasteiger partial charge on any atom is -0.414 e. The van der Waals surface area contributed by atoms with Gasteiger partial charge in [0.15, 0.2) is 8.32 Å². The van der Waals surface area contributed by atoms with Crippen LogP contribution in [-0.4, -0.2) is 38.3 Å². The van der Waals surface area contributed by atoms with Crippen LogP contribution in [0.1, 0.15) is 39.7 Å². The molecule has 0 radical (unpaired) electrons. The van der Waals surface area contributed by atoms with Crippen molar-refractivity contribution in [2.45, 2.75) is 63.9 Å². The SMILES string of the molecule is CN(C)c1ccc2cnn(C3CC(O[Si](C)(C)C(C)(C)C)C3)c2c1. The topological polar surface area (TPSA) is 30.3 Å². The largest absolute Gasteiger partial charge is 0.414 e. The Hall–Kier alpha value is -1.33. The zero-order valence-electron chi connectivity index (χ0n) is 16.1. The van der Waals surface area contributed by atoms with Crippen LogP contribution in [0.15, 0.2) is 24.4 Å². The molecule has 2 aromatic rings. The Bertz CT molecular complexity index is 724. The number of fused-ring (bicyclic) bond motifs is 1. The van der Waals surface area contributed by atoms with Crippen LogP contribution in [0.2, 0.25) is 18.1 Å². The Morgan fingerprint density at radius 1 is 1.21 bits per heavy atom. The highest BCUT2D eigenvalue weighted by molar-refractivity contribution is 6.74. The number of nitrogens with zero attached hydrogens (tertiary/aromatic N) is 3. The summed E-state index contributed by atoms with van der Waals surface area (Å²) in [5.74, 6) is 0. The molecule has 0 N–H and O–H groups in total. The minimum atomic E-state index is -1.67. The maximum absolute atomic E-state index is 6.53. The van der Waals surface area contributed by atoms with Gasteiger partial charge in [0.1, 0.15) is 0 Å². The van der Waals surface area contributed by atoms with Crippen molar-refractivity contribution < 1.29 is 4.43 Å². The van der Waals surface area contributed by atoms with E-state index in [0.29, 0.717) is 12.1 Å². The second-order valence-electron chi connectivity index (χ2n) is 8.85. The lowest BCUT2D eigenvalue weighted by Gasteiger charge is -2.44. The van der Waals surface area contributed by atoms with Crippen molar-refractivity contribution in [3.8, 4) is 0 Å². The molecule has 1 heterocycles. The summed E-state index contributed by atoms with van der Waals surface area (Å²) in [4.78, 5) is 2.14. The molecular weight excluding hydrogens is 314 g/mol. The van der Waals surface area contributed by atoms with Gasteiger partial charge in [-0.15, -0.1) is 0 Å². The van der Waals surface area contributed by atoms with Gasteiger partial charge >= 0.3 is 0 Å². The molecular formula is C19H31N3OSi. The molecule has 5 heteroatoms. The van der Waals surface area contributed by atoms with Crippen LogP contribution in [0, 0.1) is 0 Å². The summed E-state index contributed by atoms with van der Waals surface area (Å²) in [5.41, 5.74) is 2.45. The predicted molar refractivity (Wildman–Crippen MR) is 104 cm³/mol. The van der Waals surface area contributed by atoms with E-state index in [1.807, 2.05) is 6.20 Å². The zero-order valence-corrected chi connectivity index (χ0v) is 17.1. The molecule has 24 heavy (non-hydrogen) atoms. The third kappa shape index (κ3) is 3.11. The van der Waals surface area contributed by atoms with Crippen LogP contribution in [0.4, 0.5) is 5.69 Å². The van der Waals surface area contributed by atoms with Gasteiger partial charge in [0.05, 0.1) is 17.8 Å². The quantitative estimate of drug-likeness (QED) is 0.744. The van der Waals surface area contributed by atoms with Crippen molar-refractivity contribution in [2.24, 2.45) is 0 Å². The molecule has 1 fully saturated rings. The van der Waals surface area contributed by atoms with E-state index in [1.165, 1.54) is 16.6 Å². The molecule has 4 nitrogen and oxygen atoms in total. The van der Waals surface area contributed by atoms with Gasteiger partial charge in [0, 0.05) is 31.3 Å². The Labute approximate surface area is 146 Å². The van der Waals surface area contributed by atoms with E-state index in [1.54, 1.807) is 0 Å². The van der Waals surface area contributed by atoms with E-state index in [0.717, 1.165) is 12.8 Å². The molecule has 1 aromatic heterocycles. The summed E-state index contributed by atoms with van der Waals surface area (Å²) in [7, 11) is 2.49. The van der Waals surface area contributed by atoms with Gasteiger partial charge < -0.3 is 9.33 Å². The second-order valence-corrected chi connectivity index (χ2v) is 13.6. The fourth-order valence-electron chi connectivity index (χ4n) is 3.02. The van der Waals surface area contributed by atoms with Gasteiger partial charge in [0.2, 0.25) is 0 Å². The Kier molecular flexibility index (Phi) is 4.29. The summed E-state index contributed by atoms with van der Waals surface area (Å²) in [6.07, 6.45) is 4.54. The summed E-state index contributed by atoms with van der Waals surface area (Å²) in [5, 5.41) is 6.14. The fraction of sp³-hybridized carbons (Fsp3) is 0.632. The first-order chi connectivity index (χ1) is 11.1. The molecule has 1 aliphatic carbocycles. The highest BCUT2D eigenvalue weighted by atomic mass is 28.4. The molecule has 0 amide bonds. The minimum absolute atomic E-state index is 0.275. The molecule has 0 unspecified atom stereocenters. The zero-order chi connectivity index (χ0) is 17.7. The van der Waals surface area contributed by atoms with Crippen molar-refractivity contribution in [3.05, 3.63) is 24.4 Å². The molecule has 0 aliphatic heterocycles. The number of hydrogen-bond donors (Lipinski definition) is 0. The number of rotatable bonds is 4. The monoisotopic (exact) mass is 345 g/mol. The first-order valence-electron chi connectivity index (χ1n) is 8.91. The molecule has 1 aromatic carbocycles. The molecule has 0 bridgehead atoms. The summed E-state index contributed by atoms with van der Waals surface area (Å²) >= 11 is 0. The second kappa shape index (κ2) is 5.88. The van der Waals surface area contributed by atoms with Crippen LogP contribution in [0.3, 0.4) is 0 Å². The summed E-state index contributed by atoms with van der Waals surface area (Å²) in [6, 6.07) is 7.02. The molecule has 0 spiro atoms. The highest BCUT2D eigenvalue weighted by Gasteiger charge is 2.43. The smallest absolute Gasteiger partial charge is 0.192 e. The average molecular weight is 346 g/mol. The van der Waals surface area contributed by atoms with Crippen LogP contribution < -0.4 is 4.90 Å². The first kappa shape index (κ1) is 17.5. The van der Waals surface area contributed by atoms with E-state index in [-0.39, 0.29) is 5.04 Å². The lowest BCUT2D eigenvalue weighted by atomic mass is 9.89. The van der Waals surface area contributed by atoms with Gasteiger partial charge in [-0.3, -0.25) is 4.68 Å².